The van der Waals surface area contributed by atoms with Gasteiger partial charge in [0.05, 0.1) is 6.54 Å². The lowest BCUT2D eigenvalue weighted by Crippen LogP contribution is -2.50. The highest BCUT2D eigenvalue weighted by Crippen LogP contribution is 2.27. The SMILES string of the molecule is CC1CC(N)CN(CC(=O)N2CCc3ccccc32)C1. The van der Waals surface area contributed by atoms with Crippen molar-refractivity contribution in [2.75, 3.05) is 31.1 Å². The molecule has 108 valence electrons. The summed E-state index contributed by atoms with van der Waals surface area (Å²) in [6.45, 7) is 5.34. The summed E-state index contributed by atoms with van der Waals surface area (Å²) in [5.41, 5.74) is 8.43. The van der Waals surface area contributed by atoms with Gasteiger partial charge in [0.25, 0.3) is 0 Å². The van der Waals surface area contributed by atoms with Gasteiger partial charge in [-0.25, -0.2) is 0 Å². The van der Waals surface area contributed by atoms with Crippen LogP contribution in [0.3, 0.4) is 0 Å². The highest BCUT2D eigenvalue weighted by molar-refractivity contribution is 5.96. The van der Waals surface area contributed by atoms with E-state index in [0.717, 1.165) is 38.2 Å². The lowest BCUT2D eigenvalue weighted by atomic mass is 9.96. The molecule has 20 heavy (non-hydrogen) atoms. The number of nitrogens with zero attached hydrogens (tertiary/aromatic N) is 2. The number of nitrogens with two attached hydrogens (primary N) is 1. The molecule has 1 saturated heterocycles. The molecule has 0 bridgehead atoms. The lowest BCUT2D eigenvalue weighted by molar-refractivity contribution is -0.120. The van der Waals surface area contributed by atoms with Gasteiger partial charge in [-0.3, -0.25) is 9.69 Å². The molecule has 2 unspecified atom stereocenters. The van der Waals surface area contributed by atoms with Crippen molar-refractivity contribution in [2.24, 2.45) is 11.7 Å². The van der Waals surface area contributed by atoms with Gasteiger partial charge in [0, 0.05) is 31.4 Å². The van der Waals surface area contributed by atoms with Crippen LogP contribution in [0.2, 0.25) is 0 Å². The van der Waals surface area contributed by atoms with Gasteiger partial charge in [-0.05, 0) is 30.4 Å². The van der Waals surface area contributed by atoms with E-state index in [9.17, 15) is 4.79 Å². The van der Waals surface area contributed by atoms with Gasteiger partial charge in [-0.2, -0.15) is 0 Å². The van der Waals surface area contributed by atoms with Crippen LogP contribution in [0.25, 0.3) is 0 Å². The van der Waals surface area contributed by atoms with E-state index >= 15 is 0 Å². The third-order valence-electron chi connectivity index (χ3n) is 4.31. The summed E-state index contributed by atoms with van der Waals surface area (Å²) in [6.07, 6.45) is 2.04. The second-order valence-electron chi connectivity index (χ2n) is 6.22. The van der Waals surface area contributed by atoms with Gasteiger partial charge in [0.2, 0.25) is 5.91 Å². The van der Waals surface area contributed by atoms with Gasteiger partial charge in [0.15, 0.2) is 0 Å². The van der Waals surface area contributed by atoms with Crippen LogP contribution < -0.4 is 10.6 Å². The topological polar surface area (TPSA) is 49.6 Å². The molecule has 2 N–H and O–H groups in total. The second-order valence-corrected chi connectivity index (χ2v) is 6.22. The van der Waals surface area contributed by atoms with Gasteiger partial charge in [-0.1, -0.05) is 25.1 Å². The van der Waals surface area contributed by atoms with Crippen LogP contribution in [0, 0.1) is 5.92 Å². The van der Waals surface area contributed by atoms with Crippen molar-refractivity contribution in [3.63, 3.8) is 0 Å². The van der Waals surface area contributed by atoms with Crippen LogP contribution in [-0.4, -0.2) is 43.0 Å². The van der Waals surface area contributed by atoms with Crippen LogP contribution >= 0.6 is 0 Å². The predicted molar refractivity (Wildman–Crippen MR) is 80.7 cm³/mol. The molecule has 2 heterocycles. The molecule has 2 aliphatic heterocycles. The smallest absolute Gasteiger partial charge is 0.241 e. The average molecular weight is 273 g/mol. The minimum atomic E-state index is 0.205. The van der Waals surface area contributed by atoms with E-state index in [2.05, 4.69) is 17.9 Å². The fourth-order valence-corrected chi connectivity index (χ4v) is 3.52. The van der Waals surface area contributed by atoms with Crippen LogP contribution in [0.4, 0.5) is 5.69 Å². The van der Waals surface area contributed by atoms with Crippen molar-refractivity contribution < 1.29 is 4.79 Å². The monoisotopic (exact) mass is 273 g/mol. The number of hydrogen-bond acceptors (Lipinski definition) is 3. The molecule has 2 atom stereocenters. The molecule has 0 radical (unpaired) electrons. The summed E-state index contributed by atoms with van der Waals surface area (Å²) < 4.78 is 0. The van der Waals surface area contributed by atoms with E-state index in [1.165, 1.54) is 5.56 Å². The Morgan fingerprint density at radius 1 is 1.35 bits per heavy atom. The standard InChI is InChI=1S/C16H23N3O/c1-12-8-14(17)10-18(9-12)11-16(20)19-7-6-13-4-2-3-5-15(13)19/h2-5,12,14H,6-11,17H2,1H3. The Bertz CT molecular complexity index is 492. The van der Waals surface area contributed by atoms with Crippen LogP contribution in [0.15, 0.2) is 24.3 Å². The molecule has 1 aromatic rings. The summed E-state index contributed by atoms with van der Waals surface area (Å²) >= 11 is 0. The minimum Gasteiger partial charge on any atom is -0.327 e. The summed E-state index contributed by atoms with van der Waals surface area (Å²) in [5.74, 6) is 0.786. The van der Waals surface area contributed by atoms with Crippen LogP contribution in [0.1, 0.15) is 18.9 Å². The van der Waals surface area contributed by atoms with Crippen LogP contribution in [0.5, 0.6) is 0 Å². The molecule has 4 heteroatoms. The summed E-state index contributed by atoms with van der Waals surface area (Å²) in [7, 11) is 0. The number of carbonyl (C=O) groups is 1. The Morgan fingerprint density at radius 2 is 2.15 bits per heavy atom. The van der Waals surface area contributed by atoms with E-state index in [1.54, 1.807) is 0 Å². The molecule has 0 spiro atoms. The normalized spacial score (nSPS) is 26.6. The third-order valence-corrected chi connectivity index (χ3v) is 4.31. The minimum absolute atomic E-state index is 0.205. The van der Waals surface area contributed by atoms with E-state index in [4.69, 9.17) is 5.73 Å². The van der Waals surface area contributed by atoms with Crippen LogP contribution in [-0.2, 0) is 11.2 Å². The van der Waals surface area contributed by atoms with E-state index in [-0.39, 0.29) is 11.9 Å². The largest absolute Gasteiger partial charge is 0.327 e. The molecule has 0 aromatic heterocycles. The zero-order valence-corrected chi connectivity index (χ0v) is 12.1. The average Bonchev–Trinajstić information content (AvgIpc) is 2.81. The first-order chi connectivity index (χ1) is 9.63. The van der Waals surface area contributed by atoms with Crippen molar-refractivity contribution in [3.05, 3.63) is 29.8 Å². The molecule has 1 fully saturated rings. The van der Waals surface area contributed by atoms with Gasteiger partial charge >= 0.3 is 0 Å². The van der Waals surface area contributed by atoms with Gasteiger partial charge < -0.3 is 10.6 Å². The quantitative estimate of drug-likeness (QED) is 0.882. The number of piperidine rings is 1. The molecule has 0 saturated carbocycles. The fraction of sp³-hybridized carbons (Fsp3) is 0.562. The Hall–Kier alpha value is -1.39. The van der Waals surface area contributed by atoms with E-state index in [1.807, 2.05) is 23.1 Å². The lowest BCUT2D eigenvalue weighted by Gasteiger charge is -2.35. The highest BCUT2D eigenvalue weighted by Gasteiger charge is 2.28. The van der Waals surface area contributed by atoms with Crippen molar-refractivity contribution in [3.8, 4) is 0 Å². The molecule has 1 amide bonds. The van der Waals surface area contributed by atoms with Gasteiger partial charge in [-0.15, -0.1) is 0 Å². The van der Waals surface area contributed by atoms with Crippen molar-refractivity contribution in [1.82, 2.24) is 4.90 Å². The molecule has 3 rings (SSSR count). The number of hydrogen-bond donors (Lipinski definition) is 1. The van der Waals surface area contributed by atoms with Crippen molar-refractivity contribution in [2.45, 2.75) is 25.8 Å². The number of fused-ring (bicyclic) bond motifs is 1. The second kappa shape index (κ2) is 5.54. The number of amides is 1. The summed E-state index contributed by atoms with van der Waals surface area (Å²) in [4.78, 5) is 16.7. The number of para-hydroxylation sites is 1. The number of likely N-dealkylation sites (tertiary alicyclic amines) is 1. The molecule has 4 nitrogen and oxygen atoms in total. The maximum Gasteiger partial charge on any atom is 0.241 e. The summed E-state index contributed by atoms with van der Waals surface area (Å²) in [5, 5.41) is 0. The number of rotatable bonds is 2. The first-order valence-corrected chi connectivity index (χ1v) is 7.49. The maximum atomic E-state index is 12.5. The zero-order chi connectivity index (χ0) is 14.1. The molecule has 0 aliphatic carbocycles. The molecule has 1 aromatic carbocycles. The Kier molecular flexibility index (Phi) is 3.76. The fourth-order valence-electron chi connectivity index (χ4n) is 3.52. The Morgan fingerprint density at radius 3 is 2.95 bits per heavy atom. The van der Waals surface area contributed by atoms with Crippen molar-refractivity contribution >= 4 is 11.6 Å². The van der Waals surface area contributed by atoms with E-state index < -0.39 is 0 Å². The highest BCUT2D eigenvalue weighted by atomic mass is 16.2. The number of anilines is 1. The first kappa shape index (κ1) is 13.6. The summed E-state index contributed by atoms with van der Waals surface area (Å²) in [6, 6.07) is 8.41. The molecule has 2 aliphatic rings. The molecular weight excluding hydrogens is 250 g/mol. The van der Waals surface area contributed by atoms with Crippen molar-refractivity contribution in [1.29, 1.82) is 0 Å². The number of benzene rings is 1. The zero-order valence-electron chi connectivity index (χ0n) is 12.1. The predicted octanol–water partition coefficient (Wildman–Crippen LogP) is 1.24. The first-order valence-electron chi connectivity index (χ1n) is 7.49. The number of carbonyl (C=O) groups excluding carboxylic acids is 1. The Labute approximate surface area is 120 Å². The third kappa shape index (κ3) is 2.72. The molecular formula is C16H23N3O. The maximum absolute atomic E-state index is 12.5. The van der Waals surface area contributed by atoms with E-state index in [0.29, 0.717) is 12.5 Å². The van der Waals surface area contributed by atoms with Gasteiger partial charge in [0.1, 0.15) is 0 Å². The Balaban J connectivity index is 1.66.